The number of nitrogens with zero attached hydrogens (tertiary/aromatic N) is 3. The lowest BCUT2D eigenvalue weighted by Crippen LogP contribution is -2.34. The van der Waals surface area contributed by atoms with Crippen LogP contribution in [0, 0.1) is 5.82 Å². The van der Waals surface area contributed by atoms with Gasteiger partial charge in [-0.05, 0) is 50.1 Å². The minimum atomic E-state index is -0.724. The maximum absolute atomic E-state index is 13.2. The molecular weight excluding hydrogens is 383 g/mol. The molecule has 0 unspecified atom stereocenters. The summed E-state index contributed by atoms with van der Waals surface area (Å²) in [6.07, 6.45) is 1.15. The number of ether oxygens (including phenoxy) is 1. The summed E-state index contributed by atoms with van der Waals surface area (Å²) in [7, 11) is 0. The SMILES string of the molecule is C[C@H](Nc1nccc(N2C(=O)OC(C)(C)[C@H]2c2ccccc2)n1)c1ccc(F)cc1. The van der Waals surface area contributed by atoms with Crippen molar-refractivity contribution in [3.05, 3.63) is 83.8 Å². The highest BCUT2D eigenvalue weighted by atomic mass is 19.1. The molecule has 0 bridgehead atoms. The zero-order valence-corrected chi connectivity index (χ0v) is 17.0. The Kier molecular flexibility index (Phi) is 5.11. The number of carbonyl (C=O) groups excluding carboxylic acids is 1. The molecule has 6 nitrogen and oxygen atoms in total. The molecule has 0 radical (unpaired) electrons. The predicted molar refractivity (Wildman–Crippen MR) is 113 cm³/mol. The van der Waals surface area contributed by atoms with E-state index in [1.165, 1.54) is 12.1 Å². The number of halogens is 1. The monoisotopic (exact) mass is 406 g/mol. The topological polar surface area (TPSA) is 67.4 Å². The lowest BCUT2D eigenvalue weighted by Gasteiger charge is -2.28. The highest BCUT2D eigenvalue weighted by Crippen LogP contribution is 2.43. The van der Waals surface area contributed by atoms with Crippen molar-refractivity contribution in [1.82, 2.24) is 9.97 Å². The molecule has 0 spiro atoms. The number of nitrogens with one attached hydrogen (secondary N) is 1. The Hall–Kier alpha value is -3.48. The van der Waals surface area contributed by atoms with Crippen LogP contribution < -0.4 is 10.2 Å². The maximum atomic E-state index is 13.2. The van der Waals surface area contributed by atoms with E-state index >= 15 is 0 Å². The minimum Gasteiger partial charge on any atom is -0.440 e. The average molecular weight is 406 g/mol. The average Bonchev–Trinajstić information content (AvgIpc) is 2.97. The van der Waals surface area contributed by atoms with Crippen LogP contribution in [0.25, 0.3) is 0 Å². The summed E-state index contributed by atoms with van der Waals surface area (Å²) < 4.78 is 18.8. The Morgan fingerprint density at radius 3 is 2.50 bits per heavy atom. The van der Waals surface area contributed by atoms with Gasteiger partial charge in [0.1, 0.15) is 23.3 Å². The van der Waals surface area contributed by atoms with E-state index in [9.17, 15) is 9.18 Å². The van der Waals surface area contributed by atoms with Crippen LogP contribution in [0.2, 0.25) is 0 Å². The summed E-state index contributed by atoms with van der Waals surface area (Å²) in [5.41, 5.74) is 1.13. The third-order valence-electron chi connectivity index (χ3n) is 5.18. The zero-order chi connectivity index (χ0) is 21.3. The van der Waals surface area contributed by atoms with Crippen molar-refractivity contribution in [3.8, 4) is 0 Å². The van der Waals surface area contributed by atoms with Crippen molar-refractivity contribution in [2.75, 3.05) is 10.2 Å². The van der Waals surface area contributed by atoms with Gasteiger partial charge in [-0.3, -0.25) is 0 Å². The molecule has 0 aliphatic carbocycles. The molecule has 1 amide bonds. The fourth-order valence-electron chi connectivity index (χ4n) is 3.74. The normalized spacial score (nSPS) is 18.7. The van der Waals surface area contributed by atoms with Gasteiger partial charge in [-0.2, -0.15) is 4.98 Å². The fourth-order valence-corrected chi connectivity index (χ4v) is 3.74. The first-order valence-electron chi connectivity index (χ1n) is 9.77. The molecule has 1 saturated heterocycles. The van der Waals surface area contributed by atoms with Crippen LogP contribution in [-0.2, 0) is 4.74 Å². The van der Waals surface area contributed by atoms with E-state index in [4.69, 9.17) is 4.74 Å². The largest absolute Gasteiger partial charge is 0.440 e. The van der Waals surface area contributed by atoms with Crippen molar-refractivity contribution in [3.63, 3.8) is 0 Å². The Bertz CT molecular complexity index is 1040. The molecule has 2 aromatic carbocycles. The van der Waals surface area contributed by atoms with Gasteiger partial charge in [-0.1, -0.05) is 42.5 Å². The zero-order valence-electron chi connectivity index (χ0n) is 17.0. The molecule has 2 heterocycles. The van der Waals surface area contributed by atoms with Gasteiger partial charge in [0.25, 0.3) is 0 Å². The first-order chi connectivity index (χ1) is 14.3. The Morgan fingerprint density at radius 1 is 1.10 bits per heavy atom. The molecule has 3 aromatic rings. The van der Waals surface area contributed by atoms with E-state index in [0.29, 0.717) is 11.8 Å². The van der Waals surface area contributed by atoms with Gasteiger partial charge in [0.2, 0.25) is 5.95 Å². The number of rotatable bonds is 5. The number of amides is 1. The second kappa shape index (κ2) is 7.74. The summed E-state index contributed by atoms with van der Waals surface area (Å²) >= 11 is 0. The number of benzene rings is 2. The number of anilines is 2. The highest BCUT2D eigenvalue weighted by Gasteiger charge is 2.49. The van der Waals surface area contributed by atoms with Gasteiger partial charge in [-0.25, -0.2) is 19.1 Å². The lowest BCUT2D eigenvalue weighted by atomic mass is 9.91. The van der Waals surface area contributed by atoms with Crippen LogP contribution in [0.4, 0.5) is 21.0 Å². The summed E-state index contributed by atoms with van der Waals surface area (Å²) in [4.78, 5) is 23.1. The predicted octanol–water partition coefficient (Wildman–Crippen LogP) is 5.27. The number of hydrogen-bond acceptors (Lipinski definition) is 5. The second-order valence-electron chi connectivity index (χ2n) is 7.81. The highest BCUT2D eigenvalue weighted by molar-refractivity contribution is 5.90. The number of hydrogen-bond donors (Lipinski definition) is 1. The molecule has 30 heavy (non-hydrogen) atoms. The second-order valence-corrected chi connectivity index (χ2v) is 7.81. The van der Waals surface area contributed by atoms with Crippen LogP contribution in [0.5, 0.6) is 0 Å². The molecule has 1 aromatic heterocycles. The third-order valence-corrected chi connectivity index (χ3v) is 5.18. The standard InChI is InChI=1S/C23H23FN4O2/c1-15(16-9-11-18(24)12-10-16)26-21-25-14-13-19(27-21)28-20(17-7-5-4-6-8-17)23(2,3)30-22(28)29/h4-15,20H,1-3H3,(H,25,26,27)/t15-,20+/m0/s1. The molecule has 1 aliphatic heterocycles. The van der Waals surface area contributed by atoms with Gasteiger partial charge in [0.15, 0.2) is 0 Å². The van der Waals surface area contributed by atoms with Gasteiger partial charge in [0.05, 0.1) is 6.04 Å². The molecule has 1 fully saturated rings. The van der Waals surface area contributed by atoms with E-state index < -0.39 is 11.7 Å². The molecule has 0 saturated carbocycles. The maximum Gasteiger partial charge on any atom is 0.416 e. The molecular formula is C23H23FN4O2. The number of carbonyl (C=O) groups is 1. The number of aromatic nitrogens is 2. The molecule has 1 N–H and O–H groups in total. The molecule has 154 valence electrons. The Morgan fingerprint density at radius 2 is 1.80 bits per heavy atom. The van der Waals surface area contributed by atoms with Crippen molar-refractivity contribution >= 4 is 17.9 Å². The fraction of sp³-hybridized carbons (Fsp3) is 0.261. The van der Waals surface area contributed by atoms with Crippen molar-refractivity contribution in [2.24, 2.45) is 0 Å². The lowest BCUT2D eigenvalue weighted by molar-refractivity contribution is 0.0685. The van der Waals surface area contributed by atoms with Gasteiger partial charge in [0, 0.05) is 6.20 Å². The van der Waals surface area contributed by atoms with E-state index in [2.05, 4.69) is 15.3 Å². The minimum absolute atomic E-state index is 0.146. The first-order valence-corrected chi connectivity index (χ1v) is 9.77. The summed E-state index contributed by atoms with van der Waals surface area (Å²) in [6, 6.07) is 17.2. The van der Waals surface area contributed by atoms with E-state index in [1.54, 1.807) is 29.3 Å². The summed E-state index contributed by atoms with van der Waals surface area (Å²) in [6.45, 7) is 5.71. The van der Waals surface area contributed by atoms with E-state index in [-0.39, 0.29) is 17.9 Å². The third kappa shape index (κ3) is 3.83. The summed E-state index contributed by atoms with van der Waals surface area (Å²) in [5, 5.41) is 3.21. The van der Waals surface area contributed by atoms with Crippen molar-refractivity contribution < 1.29 is 13.9 Å². The van der Waals surface area contributed by atoms with Crippen LogP contribution in [0.15, 0.2) is 66.9 Å². The van der Waals surface area contributed by atoms with Gasteiger partial charge in [-0.15, -0.1) is 0 Å². The van der Waals surface area contributed by atoms with Crippen LogP contribution in [-0.4, -0.2) is 21.7 Å². The molecule has 4 rings (SSSR count). The number of cyclic esters (lactones) is 1. The van der Waals surface area contributed by atoms with Crippen molar-refractivity contribution in [2.45, 2.75) is 38.5 Å². The Labute approximate surface area is 174 Å². The van der Waals surface area contributed by atoms with Crippen LogP contribution in [0.3, 0.4) is 0 Å². The smallest absolute Gasteiger partial charge is 0.416 e. The van der Waals surface area contributed by atoms with E-state index in [0.717, 1.165) is 11.1 Å². The first kappa shape index (κ1) is 19.8. The summed E-state index contributed by atoms with van der Waals surface area (Å²) in [5.74, 6) is 0.531. The van der Waals surface area contributed by atoms with Crippen LogP contribution in [0.1, 0.15) is 44.0 Å². The van der Waals surface area contributed by atoms with Gasteiger partial charge < -0.3 is 10.1 Å². The Balaban J connectivity index is 1.63. The molecule has 7 heteroatoms. The quantitative estimate of drug-likeness (QED) is 0.626. The molecule has 2 atom stereocenters. The van der Waals surface area contributed by atoms with Crippen molar-refractivity contribution in [1.29, 1.82) is 0 Å². The molecule has 1 aliphatic rings. The van der Waals surface area contributed by atoms with Gasteiger partial charge >= 0.3 is 6.09 Å². The van der Waals surface area contributed by atoms with E-state index in [1.807, 2.05) is 51.1 Å². The van der Waals surface area contributed by atoms with Crippen LogP contribution >= 0.6 is 0 Å².